The highest BCUT2D eigenvalue weighted by Gasteiger charge is 2.29. The van der Waals surface area contributed by atoms with E-state index in [1.807, 2.05) is 13.1 Å². The van der Waals surface area contributed by atoms with Gasteiger partial charge in [-0.15, -0.1) is 0 Å². The van der Waals surface area contributed by atoms with E-state index in [1.54, 1.807) is 28.4 Å². The number of amides is 2. The van der Waals surface area contributed by atoms with Crippen LogP contribution in [0.4, 0.5) is 11.8 Å². The molecule has 0 saturated carbocycles. The summed E-state index contributed by atoms with van der Waals surface area (Å²) in [6.45, 7) is 3.84. The second-order valence-corrected chi connectivity index (χ2v) is 14.3. The second-order valence-electron chi connectivity index (χ2n) is 11.8. The molecule has 0 aliphatic carbocycles. The fraction of sp³-hybridized carbons (Fsp3) is 0.567. The van der Waals surface area contributed by atoms with E-state index in [0.29, 0.717) is 55.1 Å². The van der Waals surface area contributed by atoms with Crippen LogP contribution in [0.2, 0.25) is 5.02 Å². The number of nitrogens with one attached hydrogen (secondary N) is 2. The maximum atomic E-state index is 13.0. The number of nitrogens with zero attached hydrogens (tertiary/aromatic N) is 7. The van der Waals surface area contributed by atoms with Crippen molar-refractivity contribution in [2.75, 3.05) is 62.3 Å². The summed E-state index contributed by atoms with van der Waals surface area (Å²) in [4.78, 5) is 35.7. The molecule has 2 N–H and O–H groups in total. The molecule has 13 nitrogen and oxygen atoms in total. The van der Waals surface area contributed by atoms with E-state index in [1.165, 1.54) is 10.5 Å². The van der Waals surface area contributed by atoms with Crippen molar-refractivity contribution in [2.24, 2.45) is 7.05 Å². The first-order valence-corrected chi connectivity index (χ1v) is 17.5. The van der Waals surface area contributed by atoms with Gasteiger partial charge in [-0.25, -0.2) is 22.7 Å². The average Bonchev–Trinajstić information content (AvgIpc) is 3.38. The van der Waals surface area contributed by atoms with Crippen LogP contribution in [-0.4, -0.2) is 108 Å². The van der Waals surface area contributed by atoms with Crippen molar-refractivity contribution >= 4 is 56.6 Å². The molecule has 0 atom stereocenters. The summed E-state index contributed by atoms with van der Waals surface area (Å²) in [7, 11) is 0.136. The van der Waals surface area contributed by atoms with E-state index in [4.69, 9.17) is 11.6 Å². The van der Waals surface area contributed by atoms with Crippen LogP contribution in [0.1, 0.15) is 50.0 Å². The van der Waals surface area contributed by atoms with Crippen molar-refractivity contribution in [1.82, 2.24) is 34.3 Å². The number of benzene rings is 1. The first-order valence-electron chi connectivity index (χ1n) is 15.5. The van der Waals surface area contributed by atoms with Gasteiger partial charge >= 0.3 is 0 Å². The zero-order valence-corrected chi connectivity index (χ0v) is 27.4. The molecular formula is C30H42ClN9O4S. The monoisotopic (exact) mass is 659 g/mol. The Morgan fingerprint density at radius 3 is 2.49 bits per heavy atom. The maximum absolute atomic E-state index is 13.0. The number of carbonyl (C=O) groups excluding carboxylic acids is 2. The van der Waals surface area contributed by atoms with Crippen molar-refractivity contribution < 1.29 is 18.0 Å². The molecule has 4 heterocycles. The molecule has 45 heavy (non-hydrogen) atoms. The third kappa shape index (κ3) is 8.29. The van der Waals surface area contributed by atoms with E-state index < -0.39 is 10.0 Å². The summed E-state index contributed by atoms with van der Waals surface area (Å²) >= 11 is 5.85. The minimum Gasteiger partial charge on any atom is -0.359 e. The fourth-order valence-electron chi connectivity index (χ4n) is 6.21. The number of anilines is 2. The van der Waals surface area contributed by atoms with Crippen LogP contribution >= 0.6 is 11.6 Å². The zero-order valence-electron chi connectivity index (χ0n) is 25.9. The number of sulfonamides is 1. The first-order chi connectivity index (χ1) is 21.7. The molecule has 2 aromatic heterocycles. The van der Waals surface area contributed by atoms with Gasteiger partial charge in [-0.2, -0.15) is 5.10 Å². The Bertz CT molecular complexity index is 1570. The van der Waals surface area contributed by atoms with Gasteiger partial charge in [-0.05, 0) is 75.4 Å². The van der Waals surface area contributed by atoms with Gasteiger partial charge in [0.1, 0.15) is 0 Å². The van der Waals surface area contributed by atoms with Gasteiger partial charge in [0, 0.05) is 51.6 Å². The summed E-state index contributed by atoms with van der Waals surface area (Å²) in [6, 6.07) is 6.42. The molecule has 0 bridgehead atoms. The number of hydrogen-bond acceptors (Lipinski definition) is 9. The van der Waals surface area contributed by atoms with Gasteiger partial charge in [0.15, 0.2) is 5.82 Å². The zero-order chi connectivity index (χ0) is 32.0. The van der Waals surface area contributed by atoms with Crippen molar-refractivity contribution in [3.05, 3.63) is 41.2 Å². The van der Waals surface area contributed by atoms with Crippen LogP contribution in [0.15, 0.2) is 30.6 Å². The van der Waals surface area contributed by atoms with E-state index in [2.05, 4.69) is 42.7 Å². The lowest BCUT2D eigenvalue weighted by molar-refractivity contribution is -0.120. The van der Waals surface area contributed by atoms with Crippen molar-refractivity contribution in [1.29, 1.82) is 0 Å². The second kappa shape index (κ2) is 14.8. The predicted molar refractivity (Wildman–Crippen MR) is 175 cm³/mol. The number of halogens is 1. The third-order valence-corrected chi connectivity index (χ3v) is 11.0. The molecule has 2 aliphatic rings. The van der Waals surface area contributed by atoms with Crippen LogP contribution in [0.5, 0.6) is 0 Å². The summed E-state index contributed by atoms with van der Waals surface area (Å²) in [5.41, 5.74) is 2.18. The Kier molecular flexibility index (Phi) is 10.9. The van der Waals surface area contributed by atoms with Crippen molar-refractivity contribution in [2.45, 2.75) is 50.5 Å². The summed E-state index contributed by atoms with van der Waals surface area (Å²) in [5, 5.41) is 11.8. The molecule has 2 fully saturated rings. The third-order valence-electron chi connectivity index (χ3n) is 8.85. The average molecular weight is 660 g/mol. The minimum atomic E-state index is -3.30. The molecule has 0 unspecified atom stereocenters. The molecule has 2 amide bonds. The van der Waals surface area contributed by atoms with Gasteiger partial charge in [0.25, 0.3) is 0 Å². The lowest BCUT2D eigenvalue weighted by atomic mass is 9.89. The van der Waals surface area contributed by atoms with Crippen LogP contribution in [-0.2, 0) is 26.7 Å². The summed E-state index contributed by atoms with van der Waals surface area (Å²) in [6.07, 6.45) is 8.02. The van der Waals surface area contributed by atoms with E-state index in [0.717, 1.165) is 49.8 Å². The number of aromatic nitrogens is 4. The lowest BCUT2D eigenvalue weighted by Gasteiger charge is -2.33. The molecule has 5 rings (SSSR count). The quantitative estimate of drug-likeness (QED) is 0.265. The Hall–Kier alpha value is -3.33. The number of aryl methyl sites for hydroxylation is 1. The number of hydrogen-bond donors (Lipinski definition) is 2. The lowest BCUT2D eigenvalue weighted by Crippen LogP contribution is -2.44. The molecule has 0 spiro atoms. The number of rotatable bonds is 13. The Labute approximate surface area is 269 Å². The minimum absolute atomic E-state index is 0.130. The Morgan fingerprint density at radius 1 is 1.11 bits per heavy atom. The molecular weight excluding hydrogens is 618 g/mol. The number of fused-ring (bicyclic) bond motifs is 1. The number of piperidine rings is 2. The fourth-order valence-corrected chi connectivity index (χ4v) is 7.83. The largest absolute Gasteiger partial charge is 0.359 e. The van der Waals surface area contributed by atoms with E-state index in [-0.39, 0.29) is 30.7 Å². The van der Waals surface area contributed by atoms with Crippen LogP contribution in [0.3, 0.4) is 0 Å². The topological polar surface area (TPSA) is 146 Å². The predicted octanol–water partition coefficient (Wildman–Crippen LogP) is 2.59. The normalized spacial score (nSPS) is 17.4. The van der Waals surface area contributed by atoms with Gasteiger partial charge in [0.05, 0.1) is 28.7 Å². The standard InChI is InChI=1S/C30H42ClN9O4S/c1-32-28(42)10-14-39(21-41)29-26-5-4-23(18-27(26)37(2)36-29)22-6-12-38(13-7-22)11-3-17-45(43,44)40-15-8-25(9-16-40)35-30-33-19-24(31)20-34-30/h4-5,18-22,25H,3,6-17H2,1-2H3,(H,32,42)(H,33,34,35). The van der Waals surface area contributed by atoms with Gasteiger partial charge in [0.2, 0.25) is 28.3 Å². The highest BCUT2D eigenvalue weighted by molar-refractivity contribution is 7.89. The highest BCUT2D eigenvalue weighted by atomic mass is 35.5. The SMILES string of the molecule is CNC(=O)CCN(C=O)c1nn(C)c2cc(C3CCN(CCCS(=O)(=O)N4CCC(Nc5ncc(Cl)cn5)CC4)CC3)ccc12. The van der Waals surface area contributed by atoms with Gasteiger partial charge in [-0.3, -0.25) is 19.2 Å². The van der Waals surface area contributed by atoms with Gasteiger partial charge in [-0.1, -0.05) is 17.7 Å². The molecule has 2 aliphatic heterocycles. The molecule has 2 saturated heterocycles. The summed E-state index contributed by atoms with van der Waals surface area (Å²) < 4.78 is 29.5. The molecule has 244 valence electrons. The maximum Gasteiger partial charge on any atom is 0.222 e. The Morgan fingerprint density at radius 2 is 1.82 bits per heavy atom. The first kappa shape index (κ1) is 33.0. The highest BCUT2D eigenvalue weighted by Crippen LogP contribution is 2.33. The van der Waals surface area contributed by atoms with Crippen LogP contribution < -0.4 is 15.5 Å². The van der Waals surface area contributed by atoms with Crippen LogP contribution in [0, 0.1) is 0 Å². The van der Waals surface area contributed by atoms with Crippen LogP contribution in [0.25, 0.3) is 10.9 Å². The van der Waals surface area contributed by atoms with Crippen molar-refractivity contribution in [3.8, 4) is 0 Å². The van der Waals surface area contributed by atoms with Gasteiger partial charge < -0.3 is 15.5 Å². The number of likely N-dealkylation sites (tertiary alicyclic amines) is 1. The van der Waals surface area contributed by atoms with Crippen molar-refractivity contribution in [3.63, 3.8) is 0 Å². The van der Waals surface area contributed by atoms with E-state index >= 15 is 0 Å². The molecule has 1 aromatic carbocycles. The Balaban J connectivity index is 1.07. The van der Waals surface area contributed by atoms with E-state index in [9.17, 15) is 18.0 Å². The smallest absolute Gasteiger partial charge is 0.222 e. The molecule has 0 radical (unpaired) electrons. The summed E-state index contributed by atoms with van der Waals surface area (Å²) in [5.74, 6) is 1.49. The molecule has 15 heteroatoms. The molecule has 3 aromatic rings. The number of carbonyl (C=O) groups is 2.